The van der Waals surface area contributed by atoms with E-state index < -0.39 is 5.97 Å². The smallest absolute Gasteiger partial charge is 0.359 e. The van der Waals surface area contributed by atoms with Crippen molar-refractivity contribution in [1.29, 1.82) is 0 Å². The van der Waals surface area contributed by atoms with Crippen LogP contribution in [0.15, 0.2) is 18.3 Å². The van der Waals surface area contributed by atoms with Crippen LogP contribution in [0.4, 0.5) is 0 Å². The molecule has 1 aliphatic heterocycles. The highest BCUT2D eigenvalue weighted by molar-refractivity contribution is 5.95. The van der Waals surface area contributed by atoms with Crippen LogP contribution in [0.3, 0.4) is 0 Å². The van der Waals surface area contributed by atoms with Crippen LogP contribution in [0.5, 0.6) is 0 Å². The van der Waals surface area contributed by atoms with E-state index in [1.807, 2.05) is 4.90 Å². The fourth-order valence-electron chi connectivity index (χ4n) is 4.13. The molecule has 0 N–H and O–H groups in total. The maximum absolute atomic E-state index is 13.5. The van der Waals surface area contributed by atoms with Crippen LogP contribution in [-0.4, -0.2) is 70.4 Å². The molecule has 7 nitrogen and oxygen atoms in total. The van der Waals surface area contributed by atoms with Crippen molar-refractivity contribution in [2.45, 2.75) is 60.3 Å². The average molecular weight is 481 g/mol. The first-order chi connectivity index (χ1) is 16.8. The molecule has 0 unspecified atom stereocenters. The van der Waals surface area contributed by atoms with E-state index in [1.165, 1.54) is 12.8 Å². The normalized spacial score (nSPS) is 13.9. The van der Waals surface area contributed by atoms with Crippen molar-refractivity contribution in [1.82, 2.24) is 19.2 Å². The number of carbonyl (C=O) groups is 2. The van der Waals surface area contributed by atoms with E-state index in [4.69, 9.17) is 4.74 Å². The number of nitrogens with zero attached hydrogens (tertiary/aromatic N) is 4. The van der Waals surface area contributed by atoms with E-state index in [9.17, 15) is 9.59 Å². The largest absolute Gasteiger partial charge is 0.461 e. The molecule has 0 radical (unpaired) electrons. The van der Waals surface area contributed by atoms with Gasteiger partial charge in [0.2, 0.25) is 0 Å². The summed E-state index contributed by atoms with van der Waals surface area (Å²) < 4.78 is 7.00. The van der Waals surface area contributed by atoms with Crippen LogP contribution >= 0.6 is 0 Å². The Hall–Kier alpha value is -2.85. The first-order valence-corrected chi connectivity index (χ1v) is 13.0. The van der Waals surface area contributed by atoms with Gasteiger partial charge in [0, 0.05) is 19.3 Å². The van der Waals surface area contributed by atoms with E-state index in [1.54, 1.807) is 29.7 Å². The number of imidazole rings is 1. The van der Waals surface area contributed by atoms with Gasteiger partial charge >= 0.3 is 5.97 Å². The van der Waals surface area contributed by atoms with Crippen LogP contribution in [0.2, 0.25) is 0 Å². The molecule has 1 aliphatic rings. The van der Waals surface area contributed by atoms with Crippen LogP contribution in [0, 0.1) is 23.7 Å². The predicted molar refractivity (Wildman–Crippen MR) is 139 cm³/mol. The standard InChI is InChI=1S/C28H40N4O3/c1-6-35-28(34)26-24(10-9-17-30-15-7-8-16-30)32-20-23(11-12-25(32)29-26)27(33)31(18-13-21(2)3)19-14-22(4)5/h11-12,20-22H,6-8,13-19H2,1-5H3. The molecule has 2 aromatic rings. The van der Waals surface area contributed by atoms with Crippen LogP contribution in [0.1, 0.15) is 86.8 Å². The molecule has 0 atom stereocenters. The van der Waals surface area contributed by atoms with E-state index in [-0.39, 0.29) is 18.2 Å². The number of rotatable bonds is 10. The van der Waals surface area contributed by atoms with Crippen LogP contribution < -0.4 is 0 Å². The second-order valence-electron chi connectivity index (χ2n) is 10.1. The lowest BCUT2D eigenvalue weighted by atomic mass is 10.1. The van der Waals surface area contributed by atoms with Gasteiger partial charge in [-0.25, -0.2) is 9.78 Å². The minimum atomic E-state index is -0.495. The summed E-state index contributed by atoms with van der Waals surface area (Å²) in [4.78, 5) is 34.9. The summed E-state index contributed by atoms with van der Waals surface area (Å²) in [5.74, 6) is 6.91. The minimum Gasteiger partial charge on any atom is -0.461 e. The van der Waals surface area contributed by atoms with Crippen LogP contribution in [0.25, 0.3) is 5.65 Å². The molecule has 0 spiro atoms. The van der Waals surface area contributed by atoms with Gasteiger partial charge in [-0.2, -0.15) is 0 Å². The maximum Gasteiger partial charge on any atom is 0.359 e. The number of hydrogen-bond donors (Lipinski definition) is 0. The molecule has 0 aliphatic carbocycles. The van der Waals surface area contributed by atoms with Crippen molar-refractivity contribution in [3.8, 4) is 11.8 Å². The first-order valence-electron chi connectivity index (χ1n) is 13.0. The fraction of sp³-hybridized carbons (Fsp3) is 0.607. The van der Waals surface area contributed by atoms with E-state index in [0.29, 0.717) is 35.3 Å². The fourth-order valence-corrected chi connectivity index (χ4v) is 4.13. The molecule has 35 heavy (non-hydrogen) atoms. The lowest BCUT2D eigenvalue weighted by Crippen LogP contribution is -2.34. The lowest BCUT2D eigenvalue weighted by molar-refractivity contribution is 0.0519. The molecular weight excluding hydrogens is 440 g/mol. The summed E-state index contributed by atoms with van der Waals surface area (Å²) in [5.41, 5.74) is 1.82. The summed E-state index contributed by atoms with van der Waals surface area (Å²) in [6, 6.07) is 3.57. The molecular formula is C28H40N4O3. The Labute approximate surface area is 209 Å². The third-order valence-corrected chi connectivity index (χ3v) is 6.28. The molecule has 2 aromatic heterocycles. The van der Waals surface area contributed by atoms with Gasteiger partial charge in [0.15, 0.2) is 5.69 Å². The second kappa shape index (κ2) is 12.7. The van der Waals surface area contributed by atoms with Crippen molar-refractivity contribution in [3.63, 3.8) is 0 Å². The Balaban J connectivity index is 1.95. The molecule has 0 aromatic carbocycles. The topological polar surface area (TPSA) is 67.1 Å². The molecule has 3 heterocycles. The number of pyridine rings is 1. The van der Waals surface area contributed by atoms with Crippen molar-refractivity contribution in [2.75, 3.05) is 39.3 Å². The Kier molecular flexibility index (Phi) is 9.73. The number of amides is 1. The van der Waals surface area contributed by atoms with Crippen molar-refractivity contribution in [2.24, 2.45) is 11.8 Å². The molecule has 1 fully saturated rings. The van der Waals surface area contributed by atoms with Crippen molar-refractivity contribution < 1.29 is 14.3 Å². The first kappa shape index (κ1) is 26.7. The van der Waals surface area contributed by atoms with Crippen LogP contribution in [-0.2, 0) is 4.74 Å². The molecule has 1 amide bonds. The highest BCUT2D eigenvalue weighted by Gasteiger charge is 2.22. The molecule has 3 rings (SSSR count). The average Bonchev–Trinajstić information content (AvgIpc) is 3.46. The molecule has 190 valence electrons. The van der Waals surface area contributed by atoms with Crippen molar-refractivity contribution in [3.05, 3.63) is 35.3 Å². The van der Waals surface area contributed by atoms with Gasteiger partial charge in [0.25, 0.3) is 5.91 Å². The maximum atomic E-state index is 13.5. The molecule has 0 bridgehead atoms. The Morgan fingerprint density at radius 3 is 2.34 bits per heavy atom. The predicted octanol–water partition coefficient (Wildman–Crippen LogP) is 4.49. The van der Waals surface area contributed by atoms with Gasteiger partial charge in [0.1, 0.15) is 11.3 Å². The van der Waals surface area contributed by atoms with Gasteiger partial charge in [-0.05, 0) is 75.6 Å². The lowest BCUT2D eigenvalue weighted by Gasteiger charge is -2.24. The quantitative estimate of drug-likeness (QED) is 0.370. The molecule has 0 saturated carbocycles. The molecule has 7 heteroatoms. The number of carbonyl (C=O) groups excluding carboxylic acids is 2. The third kappa shape index (κ3) is 7.32. The van der Waals surface area contributed by atoms with E-state index in [0.717, 1.165) is 39.0 Å². The number of esters is 1. The third-order valence-electron chi connectivity index (χ3n) is 6.28. The second-order valence-corrected chi connectivity index (χ2v) is 10.1. The summed E-state index contributed by atoms with van der Waals surface area (Å²) in [6.45, 7) is 14.9. The summed E-state index contributed by atoms with van der Waals surface area (Å²) >= 11 is 0. The molecule has 1 saturated heterocycles. The number of hydrogen-bond acceptors (Lipinski definition) is 5. The number of aromatic nitrogens is 2. The van der Waals surface area contributed by atoms with Gasteiger partial charge in [-0.3, -0.25) is 14.1 Å². The van der Waals surface area contributed by atoms with Gasteiger partial charge in [0.05, 0.1) is 18.7 Å². The van der Waals surface area contributed by atoms with Gasteiger partial charge in [-0.15, -0.1) is 0 Å². The zero-order valence-corrected chi connectivity index (χ0v) is 22.0. The highest BCUT2D eigenvalue weighted by atomic mass is 16.5. The Morgan fingerprint density at radius 1 is 1.09 bits per heavy atom. The zero-order chi connectivity index (χ0) is 25.4. The van der Waals surface area contributed by atoms with Crippen molar-refractivity contribution >= 4 is 17.5 Å². The zero-order valence-electron chi connectivity index (χ0n) is 22.0. The summed E-state index contributed by atoms with van der Waals surface area (Å²) in [7, 11) is 0. The van der Waals surface area contributed by atoms with Gasteiger partial charge < -0.3 is 9.64 Å². The summed E-state index contributed by atoms with van der Waals surface area (Å²) in [5, 5.41) is 0. The van der Waals surface area contributed by atoms with E-state index >= 15 is 0 Å². The SMILES string of the molecule is CCOC(=O)c1nc2ccc(C(=O)N(CCC(C)C)CCC(C)C)cn2c1C#CCN1CCCC1. The Bertz CT molecular complexity index is 1060. The monoisotopic (exact) mass is 480 g/mol. The number of fused-ring (bicyclic) bond motifs is 1. The highest BCUT2D eigenvalue weighted by Crippen LogP contribution is 2.17. The Morgan fingerprint density at radius 2 is 1.74 bits per heavy atom. The van der Waals surface area contributed by atoms with Gasteiger partial charge in [-0.1, -0.05) is 33.6 Å². The van der Waals surface area contributed by atoms with E-state index in [2.05, 4.69) is 49.4 Å². The minimum absolute atomic E-state index is 0.00411. The number of ether oxygens (including phenoxy) is 1. The summed E-state index contributed by atoms with van der Waals surface area (Å²) in [6.07, 6.45) is 6.07. The number of likely N-dealkylation sites (tertiary alicyclic amines) is 1.